The van der Waals surface area contributed by atoms with Gasteiger partial charge in [-0.1, -0.05) is 24.7 Å². The van der Waals surface area contributed by atoms with E-state index in [4.69, 9.17) is 5.73 Å². The molecule has 0 radical (unpaired) electrons. The van der Waals surface area contributed by atoms with E-state index >= 15 is 0 Å². The van der Waals surface area contributed by atoms with Crippen molar-refractivity contribution in [1.82, 2.24) is 4.90 Å². The van der Waals surface area contributed by atoms with Gasteiger partial charge in [0.25, 0.3) is 0 Å². The summed E-state index contributed by atoms with van der Waals surface area (Å²) < 4.78 is 0. The number of thiophene rings is 1. The maximum Gasteiger partial charge on any atom is 0.0555 e. The fourth-order valence-corrected chi connectivity index (χ4v) is 3.29. The van der Waals surface area contributed by atoms with Gasteiger partial charge in [-0.2, -0.15) is 0 Å². The molecule has 1 atom stereocenters. The van der Waals surface area contributed by atoms with Crippen LogP contribution in [-0.4, -0.2) is 24.0 Å². The Bertz CT molecular complexity index is 427. The summed E-state index contributed by atoms with van der Waals surface area (Å²) in [5, 5.41) is 2.14. The molecule has 1 aromatic heterocycles. The molecule has 2 N–H and O–H groups in total. The van der Waals surface area contributed by atoms with Crippen molar-refractivity contribution < 1.29 is 0 Å². The fraction of sp³-hybridized carbons (Fsp3) is 0.600. The number of rotatable bonds is 2. The highest BCUT2D eigenvalue weighted by Crippen LogP contribution is 2.22. The average Bonchev–Trinajstić information content (AvgIpc) is 2.72. The average molecular weight is 262 g/mol. The van der Waals surface area contributed by atoms with Crippen LogP contribution in [-0.2, 0) is 6.54 Å². The van der Waals surface area contributed by atoms with E-state index in [9.17, 15) is 0 Å². The third-order valence-electron chi connectivity index (χ3n) is 3.54. The first-order valence-electron chi connectivity index (χ1n) is 6.80. The molecule has 0 amide bonds. The second-order valence-electron chi connectivity index (χ2n) is 4.98. The number of nitrogens with zero attached hydrogens (tertiary/aromatic N) is 1. The molecule has 98 valence electrons. The largest absolute Gasteiger partial charge is 0.320 e. The van der Waals surface area contributed by atoms with Crippen molar-refractivity contribution in [3.63, 3.8) is 0 Å². The van der Waals surface area contributed by atoms with E-state index in [1.54, 1.807) is 0 Å². The lowest BCUT2D eigenvalue weighted by atomic mass is 10.1. The first-order chi connectivity index (χ1) is 8.79. The van der Waals surface area contributed by atoms with Gasteiger partial charge >= 0.3 is 0 Å². The van der Waals surface area contributed by atoms with Crippen molar-refractivity contribution in [3.8, 4) is 11.8 Å². The van der Waals surface area contributed by atoms with E-state index in [0.29, 0.717) is 12.6 Å². The van der Waals surface area contributed by atoms with Crippen molar-refractivity contribution in [2.45, 2.75) is 45.2 Å². The van der Waals surface area contributed by atoms with Crippen LogP contribution in [0.3, 0.4) is 0 Å². The zero-order chi connectivity index (χ0) is 12.8. The molecule has 3 heteroatoms. The molecule has 1 saturated heterocycles. The third kappa shape index (κ3) is 3.84. The molecule has 0 saturated carbocycles. The predicted octanol–water partition coefficient (Wildman–Crippen LogP) is 2.82. The minimum Gasteiger partial charge on any atom is -0.320 e. The molecule has 0 spiro atoms. The Hall–Kier alpha value is -0.820. The Morgan fingerprint density at radius 2 is 2.33 bits per heavy atom. The Balaban J connectivity index is 1.97. The van der Waals surface area contributed by atoms with Crippen LogP contribution in [0.1, 0.15) is 43.0 Å². The van der Waals surface area contributed by atoms with Crippen LogP contribution < -0.4 is 5.73 Å². The van der Waals surface area contributed by atoms with Crippen LogP contribution in [0.25, 0.3) is 0 Å². The molecule has 0 aromatic carbocycles. The Morgan fingerprint density at radius 1 is 1.44 bits per heavy atom. The fourth-order valence-electron chi connectivity index (χ4n) is 2.45. The highest BCUT2D eigenvalue weighted by Gasteiger charge is 2.17. The first kappa shape index (κ1) is 13.6. The van der Waals surface area contributed by atoms with Gasteiger partial charge < -0.3 is 5.73 Å². The van der Waals surface area contributed by atoms with Crippen LogP contribution in [0.15, 0.2) is 11.4 Å². The summed E-state index contributed by atoms with van der Waals surface area (Å²) in [6.07, 6.45) is 5.45. The van der Waals surface area contributed by atoms with Crippen LogP contribution in [0.2, 0.25) is 0 Å². The molecular formula is C15H22N2S. The Kier molecular flexibility index (Phi) is 5.25. The van der Waals surface area contributed by atoms with Crippen LogP contribution in [0, 0.1) is 11.8 Å². The molecule has 1 aromatic rings. The van der Waals surface area contributed by atoms with E-state index < -0.39 is 0 Å². The second-order valence-corrected chi connectivity index (χ2v) is 5.97. The summed E-state index contributed by atoms with van der Waals surface area (Å²) in [4.78, 5) is 4.03. The summed E-state index contributed by atoms with van der Waals surface area (Å²) in [6, 6.07) is 2.93. The molecule has 1 aliphatic rings. The zero-order valence-corrected chi connectivity index (χ0v) is 11.9. The second kappa shape index (κ2) is 6.94. The summed E-state index contributed by atoms with van der Waals surface area (Å²) >= 11 is 1.82. The summed E-state index contributed by atoms with van der Waals surface area (Å²) in [7, 11) is 0. The standard InChI is InChI=1S/C15H22N2S/c1-13-6-3-2-4-9-17(13)11-15-10-14(12-18-15)7-5-8-16/h10,12-13H,2-4,6,8-9,11,16H2,1H3. The van der Waals surface area contributed by atoms with Crippen molar-refractivity contribution in [2.75, 3.05) is 13.1 Å². The molecule has 2 rings (SSSR count). The number of nitrogens with two attached hydrogens (primary N) is 1. The minimum atomic E-state index is 0.439. The minimum absolute atomic E-state index is 0.439. The Morgan fingerprint density at radius 3 is 3.17 bits per heavy atom. The molecule has 0 bridgehead atoms. The van der Waals surface area contributed by atoms with Crippen molar-refractivity contribution in [2.24, 2.45) is 5.73 Å². The SMILES string of the molecule is CC1CCCCCN1Cc1cc(C#CCN)cs1. The number of likely N-dealkylation sites (tertiary alicyclic amines) is 1. The summed E-state index contributed by atoms with van der Waals surface area (Å²) in [5.74, 6) is 6.01. The van der Waals surface area contributed by atoms with Crippen LogP contribution in [0.5, 0.6) is 0 Å². The molecule has 2 nitrogen and oxygen atoms in total. The Labute approximate surface area is 114 Å². The van der Waals surface area contributed by atoms with Gasteiger partial charge in [0, 0.05) is 28.4 Å². The summed E-state index contributed by atoms with van der Waals surface area (Å²) in [5.41, 5.74) is 6.50. The highest BCUT2D eigenvalue weighted by atomic mass is 32.1. The van der Waals surface area contributed by atoms with Crippen molar-refractivity contribution in [1.29, 1.82) is 0 Å². The van der Waals surface area contributed by atoms with E-state index in [2.05, 4.69) is 35.1 Å². The first-order valence-corrected chi connectivity index (χ1v) is 7.68. The third-order valence-corrected chi connectivity index (χ3v) is 4.46. The van der Waals surface area contributed by atoms with E-state index in [-0.39, 0.29) is 0 Å². The molecule has 1 fully saturated rings. The van der Waals surface area contributed by atoms with Gasteiger partial charge in [-0.25, -0.2) is 0 Å². The van der Waals surface area contributed by atoms with Gasteiger partial charge in [0.2, 0.25) is 0 Å². The van der Waals surface area contributed by atoms with E-state index in [1.807, 2.05) is 11.3 Å². The van der Waals surface area contributed by atoms with E-state index in [1.165, 1.54) is 37.1 Å². The normalized spacial score (nSPS) is 21.1. The van der Waals surface area contributed by atoms with Gasteiger partial charge in [0.1, 0.15) is 0 Å². The molecular weight excluding hydrogens is 240 g/mol. The van der Waals surface area contributed by atoms with Crippen LogP contribution in [0.4, 0.5) is 0 Å². The molecule has 18 heavy (non-hydrogen) atoms. The van der Waals surface area contributed by atoms with Crippen molar-refractivity contribution >= 4 is 11.3 Å². The quantitative estimate of drug-likeness (QED) is 0.830. The molecule has 1 aliphatic heterocycles. The lowest BCUT2D eigenvalue weighted by molar-refractivity contribution is 0.207. The molecule has 1 unspecified atom stereocenters. The van der Waals surface area contributed by atoms with Gasteiger partial charge in [0.15, 0.2) is 0 Å². The van der Waals surface area contributed by atoms with Gasteiger partial charge in [-0.15, -0.1) is 11.3 Å². The monoisotopic (exact) mass is 262 g/mol. The maximum atomic E-state index is 5.39. The number of hydrogen-bond donors (Lipinski definition) is 1. The van der Waals surface area contributed by atoms with Crippen LogP contribution >= 0.6 is 11.3 Å². The lowest BCUT2D eigenvalue weighted by Gasteiger charge is -2.26. The topological polar surface area (TPSA) is 29.3 Å². The highest BCUT2D eigenvalue weighted by molar-refractivity contribution is 7.10. The molecule has 2 heterocycles. The lowest BCUT2D eigenvalue weighted by Crippen LogP contribution is -2.31. The van der Waals surface area contributed by atoms with Gasteiger partial charge in [-0.05, 0) is 32.4 Å². The predicted molar refractivity (Wildman–Crippen MR) is 78.6 cm³/mol. The van der Waals surface area contributed by atoms with Crippen molar-refractivity contribution in [3.05, 3.63) is 21.9 Å². The molecule has 0 aliphatic carbocycles. The van der Waals surface area contributed by atoms with Gasteiger partial charge in [-0.3, -0.25) is 4.90 Å². The summed E-state index contributed by atoms with van der Waals surface area (Å²) in [6.45, 7) is 5.11. The zero-order valence-electron chi connectivity index (χ0n) is 11.1. The van der Waals surface area contributed by atoms with Gasteiger partial charge in [0.05, 0.1) is 6.54 Å². The smallest absolute Gasteiger partial charge is 0.0555 e. The van der Waals surface area contributed by atoms with E-state index in [0.717, 1.165) is 12.1 Å². The number of hydrogen-bond acceptors (Lipinski definition) is 3. The maximum absolute atomic E-state index is 5.39.